The number of piperidine rings is 1. The molecular formula is C10H22N4O3S. The van der Waals surface area contributed by atoms with Crippen molar-refractivity contribution in [1.82, 2.24) is 8.61 Å². The summed E-state index contributed by atoms with van der Waals surface area (Å²) in [7, 11) is -1.81. The van der Waals surface area contributed by atoms with Gasteiger partial charge in [-0.15, -0.1) is 0 Å². The molecule has 8 heteroatoms. The number of nitrogens with zero attached hydrogens (tertiary/aromatic N) is 3. The van der Waals surface area contributed by atoms with E-state index < -0.39 is 10.2 Å². The van der Waals surface area contributed by atoms with Crippen LogP contribution >= 0.6 is 0 Å². The van der Waals surface area contributed by atoms with Crippen LogP contribution in [0.2, 0.25) is 0 Å². The molecule has 3 N–H and O–H groups in total. The van der Waals surface area contributed by atoms with Crippen LogP contribution in [0, 0.1) is 5.92 Å². The Morgan fingerprint density at radius 2 is 1.94 bits per heavy atom. The van der Waals surface area contributed by atoms with Gasteiger partial charge in [-0.3, -0.25) is 0 Å². The molecule has 0 aliphatic carbocycles. The van der Waals surface area contributed by atoms with Gasteiger partial charge in [0.15, 0.2) is 0 Å². The van der Waals surface area contributed by atoms with Crippen molar-refractivity contribution in [3.05, 3.63) is 0 Å². The zero-order valence-corrected chi connectivity index (χ0v) is 11.9. The molecule has 0 radical (unpaired) electrons. The van der Waals surface area contributed by atoms with Crippen molar-refractivity contribution in [3.8, 4) is 0 Å². The molecule has 1 aliphatic heterocycles. The number of hydrogen-bond donors (Lipinski definition) is 2. The fourth-order valence-corrected chi connectivity index (χ4v) is 3.48. The minimum Gasteiger partial charge on any atom is -0.409 e. The third-order valence-corrected chi connectivity index (χ3v) is 5.57. The first-order valence-electron chi connectivity index (χ1n) is 6.01. The maximum atomic E-state index is 12.2. The van der Waals surface area contributed by atoms with E-state index in [4.69, 9.17) is 10.9 Å². The summed E-state index contributed by atoms with van der Waals surface area (Å²) in [6.45, 7) is 4.47. The van der Waals surface area contributed by atoms with Gasteiger partial charge >= 0.3 is 0 Å². The third kappa shape index (κ3) is 3.12. The molecule has 0 spiro atoms. The highest BCUT2D eigenvalue weighted by Crippen LogP contribution is 2.21. The fourth-order valence-electron chi connectivity index (χ4n) is 1.91. The van der Waals surface area contributed by atoms with Gasteiger partial charge in [0, 0.05) is 32.1 Å². The second-order valence-corrected chi connectivity index (χ2v) is 6.80. The number of rotatable bonds is 4. The van der Waals surface area contributed by atoms with Crippen LogP contribution < -0.4 is 5.73 Å². The fraction of sp³-hybridized carbons (Fsp3) is 0.900. The number of nitrogens with two attached hydrogens (primary N) is 1. The molecule has 1 rings (SSSR count). The van der Waals surface area contributed by atoms with Crippen molar-refractivity contribution in [2.75, 3.05) is 20.1 Å². The Hall–Kier alpha value is -0.860. The van der Waals surface area contributed by atoms with Crippen molar-refractivity contribution in [3.63, 3.8) is 0 Å². The standard InChI is InChI=1S/C10H22N4O3S/c1-8(2)13(3)18(16,17)14-6-4-9(5-7-14)10(11)12-15/h8-9,15H,4-7H2,1-3H3,(H2,11,12). The van der Waals surface area contributed by atoms with Gasteiger partial charge in [0.2, 0.25) is 0 Å². The molecule has 0 aromatic carbocycles. The van der Waals surface area contributed by atoms with E-state index in [2.05, 4.69) is 5.16 Å². The van der Waals surface area contributed by atoms with Crippen molar-refractivity contribution >= 4 is 16.0 Å². The summed E-state index contributed by atoms with van der Waals surface area (Å²) >= 11 is 0. The van der Waals surface area contributed by atoms with Crippen LogP contribution in [0.1, 0.15) is 26.7 Å². The maximum absolute atomic E-state index is 12.2. The van der Waals surface area contributed by atoms with Crippen LogP contribution in [-0.2, 0) is 10.2 Å². The van der Waals surface area contributed by atoms with E-state index in [9.17, 15) is 8.42 Å². The van der Waals surface area contributed by atoms with Gasteiger partial charge in [-0.2, -0.15) is 17.0 Å². The van der Waals surface area contributed by atoms with Gasteiger partial charge in [0.1, 0.15) is 5.84 Å². The zero-order chi connectivity index (χ0) is 13.9. The number of amidine groups is 1. The highest BCUT2D eigenvalue weighted by atomic mass is 32.2. The quantitative estimate of drug-likeness (QED) is 0.328. The van der Waals surface area contributed by atoms with E-state index in [0.717, 1.165) is 0 Å². The van der Waals surface area contributed by atoms with Gasteiger partial charge in [0.05, 0.1) is 0 Å². The first kappa shape index (κ1) is 15.2. The van der Waals surface area contributed by atoms with Crippen LogP contribution in [0.15, 0.2) is 5.16 Å². The Labute approximate surface area is 108 Å². The third-order valence-electron chi connectivity index (χ3n) is 3.41. The van der Waals surface area contributed by atoms with E-state index in [-0.39, 0.29) is 17.8 Å². The molecular weight excluding hydrogens is 256 g/mol. The van der Waals surface area contributed by atoms with E-state index in [0.29, 0.717) is 25.9 Å². The van der Waals surface area contributed by atoms with Crippen molar-refractivity contribution < 1.29 is 13.6 Å². The smallest absolute Gasteiger partial charge is 0.281 e. The van der Waals surface area contributed by atoms with Crippen molar-refractivity contribution in [1.29, 1.82) is 0 Å². The molecule has 1 heterocycles. The van der Waals surface area contributed by atoms with Gasteiger partial charge in [0.25, 0.3) is 10.2 Å². The molecule has 0 saturated carbocycles. The normalized spacial score (nSPS) is 20.8. The van der Waals surface area contributed by atoms with Gasteiger partial charge < -0.3 is 10.9 Å². The van der Waals surface area contributed by atoms with Gasteiger partial charge in [-0.1, -0.05) is 5.16 Å². The lowest BCUT2D eigenvalue weighted by atomic mass is 9.97. The van der Waals surface area contributed by atoms with Crippen molar-refractivity contribution in [2.24, 2.45) is 16.8 Å². The molecule has 0 bridgehead atoms. The lowest BCUT2D eigenvalue weighted by molar-refractivity contribution is 0.273. The molecule has 0 aromatic rings. The van der Waals surface area contributed by atoms with Crippen LogP contribution in [0.4, 0.5) is 0 Å². The second-order valence-electron chi connectivity index (χ2n) is 4.82. The van der Waals surface area contributed by atoms with E-state index >= 15 is 0 Å². The molecule has 0 unspecified atom stereocenters. The van der Waals surface area contributed by atoms with Crippen molar-refractivity contribution in [2.45, 2.75) is 32.7 Å². The van der Waals surface area contributed by atoms with Crippen LogP contribution in [-0.4, -0.2) is 54.3 Å². The van der Waals surface area contributed by atoms with Crippen LogP contribution in [0.3, 0.4) is 0 Å². The van der Waals surface area contributed by atoms with Crippen LogP contribution in [0.5, 0.6) is 0 Å². The Kier molecular flexibility index (Phi) is 4.94. The Morgan fingerprint density at radius 1 is 1.44 bits per heavy atom. The number of hydrogen-bond acceptors (Lipinski definition) is 4. The SMILES string of the molecule is CC(C)N(C)S(=O)(=O)N1CCC(C(N)=NO)CC1. The molecule has 106 valence electrons. The summed E-state index contributed by atoms with van der Waals surface area (Å²) in [5.74, 6) is 0.148. The summed E-state index contributed by atoms with van der Waals surface area (Å²) in [6, 6.07) is -0.0724. The molecule has 1 aliphatic rings. The lowest BCUT2D eigenvalue weighted by Crippen LogP contribution is -2.49. The first-order chi connectivity index (χ1) is 8.30. The van der Waals surface area contributed by atoms with E-state index in [1.165, 1.54) is 8.61 Å². The predicted molar refractivity (Wildman–Crippen MR) is 69.5 cm³/mol. The van der Waals surface area contributed by atoms with E-state index in [1.807, 2.05) is 13.8 Å². The average molecular weight is 278 g/mol. The molecule has 1 fully saturated rings. The molecule has 1 saturated heterocycles. The molecule has 18 heavy (non-hydrogen) atoms. The summed E-state index contributed by atoms with van der Waals surface area (Å²) in [6.07, 6.45) is 1.17. The monoisotopic (exact) mass is 278 g/mol. The highest BCUT2D eigenvalue weighted by molar-refractivity contribution is 7.86. The first-order valence-corrected chi connectivity index (χ1v) is 7.41. The average Bonchev–Trinajstić information content (AvgIpc) is 2.36. The summed E-state index contributed by atoms with van der Waals surface area (Å²) in [5, 5.41) is 11.6. The topological polar surface area (TPSA) is 99.2 Å². The lowest BCUT2D eigenvalue weighted by Gasteiger charge is -2.34. The summed E-state index contributed by atoms with van der Waals surface area (Å²) in [5.41, 5.74) is 5.53. The molecule has 0 amide bonds. The van der Waals surface area contributed by atoms with Gasteiger partial charge in [-0.05, 0) is 26.7 Å². The Balaban J connectivity index is 2.68. The predicted octanol–water partition coefficient (Wildman–Crippen LogP) is 0.0298. The second kappa shape index (κ2) is 5.85. The van der Waals surface area contributed by atoms with E-state index in [1.54, 1.807) is 7.05 Å². The molecule has 0 aromatic heterocycles. The van der Waals surface area contributed by atoms with Crippen LogP contribution in [0.25, 0.3) is 0 Å². The number of oxime groups is 1. The summed E-state index contributed by atoms with van der Waals surface area (Å²) in [4.78, 5) is 0. The largest absolute Gasteiger partial charge is 0.409 e. The maximum Gasteiger partial charge on any atom is 0.281 e. The minimum absolute atomic E-state index is 0.0363. The minimum atomic E-state index is -3.39. The molecule has 7 nitrogen and oxygen atoms in total. The Bertz CT molecular complexity index is 399. The zero-order valence-electron chi connectivity index (χ0n) is 11.1. The highest BCUT2D eigenvalue weighted by Gasteiger charge is 2.33. The Morgan fingerprint density at radius 3 is 2.33 bits per heavy atom. The molecule has 0 atom stereocenters. The summed E-state index contributed by atoms with van der Waals surface area (Å²) < 4.78 is 27.2. The van der Waals surface area contributed by atoms with Gasteiger partial charge in [-0.25, -0.2) is 0 Å².